The number of aliphatic hydroxyl groups excluding tert-OH is 1. The van der Waals surface area contributed by atoms with Crippen molar-refractivity contribution in [3.05, 3.63) is 0 Å². The molecule has 0 saturated carbocycles. The molecular formula is C77H150O17P2. The summed E-state index contributed by atoms with van der Waals surface area (Å²) in [6.07, 6.45) is 56.9. The van der Waals surface area contributed by atoms with E-state index in [-0.39, 0.29) is 25.7 Å². The first-order valence-corrected chi connectivity index (χ1v) is 43.1. The monoisotopic (exact) mass is 1410 g/mol. The molecule has 0 heterocycles. The molecule has 0 fully saturated rings. The van der Waals surface area contributed by atoms with Crippen molar-refractivity contribution in [2.75, 3.05) is 39.6 Å². The Bertz CT molecular complexity index is 1860. The highest BCUT2D eigenvalue weighted by Gasteiger charge is 2.30. The smallest absolute Gasteiger partial charge is 0.462 e. The van der Waals surface area contributed by atoms with Crippen molar-refractivity contribution in [2.45, 2.75) is 419 Å². The summed E-state index contributed by atoms with van der Waals surface area (Å²) in [6, 6.07) is 0. The van der Waals surface area contributed by atoms with E-state index >= 15 is 0 Å². The number of aliphatic hydroxyl groups is 1. The lowest BCUT2D eigenvalue weighted by molar-refractivity contribution is -0.161. The lowest BCUT2D eigenvalue weighted by Crippen LogP contribution is -2.30. The van der Waals surface area contributed by atoms with Gasteiger partial charge in [0.05, 0.1) is 26.4 Å². The fraction of sp³-hybridized carbons (Fsp3) is 0.948. The Morgan fingerprint density at radius 1 is 0.292 bits per heavy atom. The second-order valence-corrected chi connectivity index (χ2v) is 31.1. The Kier molecular flexibility index (Phi) is 67.4. The van der Waals surface area contributed by atoms with Gasteiger partial charge >= 0.3 is 39.5 Å². The zero-order valence-corrected chi connectivity index (χ0v) is 64.5. The van der Waals surface area contributed by atoms with Gasteiger partial charge in [-0.05, 0) is 37.5 Å². The predicted octanol–water partition coefficient (Wildman–Crippen LogP) is 22.7. The highest BCUT2D eigenvalue weighted by molar-refractivity contribution is 7.47. The fourth-order valence-electron chi connectivity index (χ4n) is 11.8. The average Bonchev–Trinajstić information content (AvgIpc) is 1.19. The fourth-order valence-corrected chi connectivity index (χ4v) is 13.3. The molecule has 7 atom stereocenters. The maximum atomic E-state index is 13.1. The second kappa shape index (κ2) is 68.8. The van der Waals surface area contributed by atoms with E-state index in [0.717, 1.165) is 115 Å². The van der Waals surface area contributed by atoms with Crippen LogP contribution in [0.3, 0.4) is 0 Å². The Labute approximate surface area is 588 Å². The van der Waals surface area contributed by atoms with Crippen molar-refractivity contribution in [1.29, 1.82) is 0 Å². The van der Waals surface area contributed by atoms with Crippen molar-refractivity contribution >= 4 is 39.5 Å². The van der Waals surface area contributed by atoms with Crippen LogP contribution in [0, 0.1) is 11.8 Å². The number of rotatable bonds is 76. The van der Waals surface area contributed by atoms with Crippen LogP contribution >= 0.6 is 15.6 Å². The first-order chi connectivity index (χ1) is 46.4. The minimum Gasteiger partial charge on any atom is -0.462 e. The van der Waals surface area contributed by atoms with Crippen LogP contribution in [-0.2, 0) is 65.4 Å². The molecule has 570 valence electrons. The molecule has 0 amide bonds. The van der Waals surface area contributed by atoms with Crippen LogP contribution in [0.1, 0.15) is 401 Å². The third-order valence-electron chi connectivity index (χ3n) is 18.7. The van der Waals surface area contributed by atoms with Gasteiger partial charge in [-0.15, -0.1) is 0 Å². The molecule has 0 radical (unpaired) electrons. The van der Waals surface area contributed by atoms with E-state index < -0.39 is 97.5 Å². The molecule has 0 spiro atoms. The molecule has 19 heteroatoms. The van der Waals surface area contributed by atoms with Crippen LogP contribution < -0.4 is 0 Å². The third kappa shape index (κ3) is 67.9. The molecule has 0 aliphatic heterocycles. The summed E-state index contributed by atoms with van der Waals surface area (Å²) in [5, 5.41) is 10.6. The Balaban J connectivity index is 5.20. The van der Waals surface area contributed by atoms with Crippen LogP contribution in [0.2, 0.25) is 0 Å². The topological polar surface area (TPSA) is 237 Å². The lowest BCUT2D eigenvalue weighted by atomic mass is 9.99. The van der Waals surface area contributed by atoms with E-state index in [0.29, 0.717) is 25.7 Å². The molecule has 3 N–H and O–H groups in total. The summed E-state index contributed by atoms with van der Waals surface area (Å²) >= 11 is 0. The predicted molar refractivity (Wildman–Crippen MR) is 391 cm³/mol. The molecule has 0 aliphatic rings. The number of hydrogen-bond donors (Lipinski definition) is 3. The molecule has 4 unspecified atom stereocenters. The summed E-state index contributed by atoms with van der Waals surface area (Å²) in [5.74, 6) is -0.469. The van der Waals surface area contributed by atoms with E-state index in [1.807, 2.05) is 0 Å². The minimum absolute atomic E-state index is 0.106. The minimum atomic E-state index is -4.96. The third-order valence-corrected chi connectivity index (χ3v) is 20.6. The van der Waals surface area contributed by atoms with Crippen LogP contribution in [0.15, 0.2) is 0 Å². The van der Waals surface area contributed by atoms with Gasteiger partial charge in [0.15, 0.2) is 12.2 Å². The number of esters is 4. The van der Waals surface area contributed by atoms with Crippen molar-refractivity contribution in [3.63, 3.8) is 0 Å². The standard InChI is InChI=1S/C77H150O17P2/c1-7-11-13-15-17-18-19-20-21-22-23-27-30-36-42-48-54-60-75(80)88-66-73(94-76(81)61-55-49-43-37-31-28-25-24-26-29-34-40-45-51-57-69(5)9-3)68-92-96(85,86)90-64-71(78)63-89-95(83,84)91-67-72(65-87-74(79)59-53-47-39-16-14-12-8-2)93-77(82)62-56-50-44-38-33-32-35-41-46-52-58-70(6)10-4/h69-73,78H,7-68H2,1-6H3,(H,83,84)(H,85,86)/t69?,70?,71-,72+,73+/m0/s1. The quantitative estimate of drug-likeness (QED) is 0.0222. The molecule has 0 aliphatic carbocycles. The number of ether oxygens (including phenoxy) is 4. The highest BCUT2D eigenvalue weighted by Crippen LogP contribution is 2.45. The molecule has 96 heavy (non-hydrogen) atoms. The molecule has 17 nitrogen and oxygen atoms in total. The largest absolute Gasteiger partial charge is 0.472 e. The number of phosphoric acid groups is 2. The van der Waals surface area contributed by atoms with Crippen LogP contribution in [-0.4, -0.2) is 96.7 Å². The number of carbonyl (C=O) groups is 4. The molecule has 0 bridgehead atoms. The van der Waals surface area contributed by atoms with Gasteiger partial charge in [0.1, 0.15) is 19.3 Å². The lowest BCUT2D eigenvalue weighted by Gasteiger charge is -2.21. The Hall–Kier alpha value is -1.94. The molecule has 0 rings (SSSR count). The zero-order valence-electron chi connectivity index (χ0n) is 62.7. The van der Waals surface area contributed by atoms with E-state index in [4.69, 9.17) is 37.0 Å². The van der Waals surface area contributed by atoms with E-state index in [9.17, 15) is 43.2 Å². The molecule has 0 saturated heterocycles. The first-order valence-electron chi connectivity index (χ1n) is 40.1. The SMILES string of the molecule is CCCCCCCCCCCCCCCCCCCC(=O)OC[C@H](COP(=O)(O)OC[C@@H](O)COP(=O)(O)OC[C@@H](COC(=O)CCCCCCCCC)OC(=O)CCCCCCCCCCCCC(C)CC)OC(=O)CCCCCCCCCCCCCCCCC(C)CC. The molecule has 0 aromatic carbocycles. The van der Waals surface area contributed by atoms with E-state index in [1.165, 1.54) is 205 Å². The van der Waals surface area contributed by atoms with Gasteiger partial charge in [-0.1, -0.05) is 350 Å². The molecule has 0 aromatic rings. The van der Waals surface area contributed by atoms with Crippen molar-refractivity contribution in [2.24, 2.45) is 11.8 Å². The van der Waals surface area contributed by atoms with Crippen LogP contribution in [0.5, 0.6) is 0 Å². The maximum Gasteiger partial charge on any atom is 0.472 e. The van der Waals surface area contributed by atoms with Crippen LogP contribution in [0.4, 0.5) is 0 Å². The van der Waals surface area contributed by atoms with E-state index in [2.05, 4.69) is 41.5 Å². The number of unbranched alkanes of at least 4 members (excludes halogenated alkanes) is 44. The summed E-state index contributed by atoms with van der Waals surface area (Å²) < 4.78 is 68.5. The van der Waals surface area contributed by atoms with Gasteiger partial charge < -0.3 is 33.8 Å². The second-order valence-electron chi connectivity index (χ2n) is 28.2. The van der Waals surface area contributed by atoms with Crippen molar-refractivity contribution < 1.29 is 80.2 Å². The number of phosphoric ester groups is 2. The summed E-state index contributed by atoms with van der Waals surface area (Å²) in [5.41, 5.74) is 0. The van der Waals surface area contributed by atoms with Gasteiger partial charge in [0, 0.05) is 25.7 Å². The maximum absolute atomic E-state index is 13.1. The average molecular weight is 1410 g/mol. The van der Waals surface area contributed by atoms with Crippen molar-refractivity contribution in [1.82, 2.24) is 0 Å². The Morgan fingerprint density at radius 2 is 0.500 bits per heavy atom. The van der Waals surface area contributed by atoms with E-state index in [1.54, 1.807) is 0 Å². The number of carbonyl (C=O) groups excluding carboxylic acids is 4. The van der Waals surface area contributed by atoms with Gasteiger partial charge in [0.2, 0.25) is 0 Å². The van der Waals surface area contributed by atoms with Crippen molar-refractivity contribution in [3.8, 4) is 0 Å². The summed E-state index contributed by atoms with van der Waals surface area (Å²) in [7, 11) is -9.91. The zero-order chi connectivity index (χ0) is 70.7. The Morgan fingerprint density at radius 3 is 0.740 bits per heavy atom. The molecule has 0 aromatic heterocycles. The molecular weight excluding hydrogens is 1260 g/mol. The van der Waals surface area contributed by atoms with Gasteiger partial charge in [-0.3, -0.25) is 37.3 Å². The van der Waals surface area contributed by atoms with Gasteiger partial charge in [-0.25, -0.2) is 9.13 Å². The summed E-state index contributed by atoms with van der Waals surface area (Å²) in [6.45, 7) is 9.64. The normalized spacial score (nSPS) is 14.6. The van der Waals surface area contributed by atoms with Crippen LogP contribution in [0.25, 0.3) is 0 Å². The van der Waals surface area contributed by atoms with Gasteiger partial charge in [0.25, 0.3) is 0 Å². The highest BCUT2D eigenvalue weighted by atomic mass is 31.2. The number of hydrogen-bond acceptors (Lipinski definition) is 15. The van der Waals surface area contributed by atoms with Gasteiger partial charge in [-0.2, -0.15) is 0 Å². The first kappa shape index (κ1) is 94.1. The summed E-state index contributed by atoms with van der Waals surface area (Å²) in [4.78, 5) is 72.7.